The number of aromatic nitrogens is 1. The lowest BCUT2D eigenvalue weighted by molar-refractivity contribution is 0.238. The highest BCUT2D eigenvalue weighted by atomic mass is 16.5. The van der Waals surface area contributed by atoms with E-state index in [1.165, 1.54) is 55.4 Å². The van der Waals surface area contributed by atoms with Crippen molar-refractivity contribution in [3.63, 3.8) is 0 Å². The van der Waals surface area contributed by atoms with E-state index in [2.05, 4.69) is 46.1 Å². The Morgan fingerprint density at radius 2 is 1.96 bits per heavy atom. The van der Waals surface area contributed by atoms with E-state index >= 15 is 0 Å². The average Bonchev–Trinajstić information content (AvgIpc) is 2.98. The van der Waals surface area contributed by atoms with Gasteiger partial charge >= 0.3 is 0 Å². The molecule has 2 aromatic rings. The van der Waals surface area contributed by atoms with Crippen LogP contribution in [0.5, 0.6) is 5.75 Å². The molecule has 0 atom stereocenters. The summed E-state index contributed by atoms with van der Waals surface area (Å²) in [7, 11) is 1.74. The van der Waals surface area contributed by atoms with E-state index in [0.29, 0.717) is 0 Å². The second-order valence-electron chi connectivity index (χ2n) is 6.78. The molecule has 0 unspecified atom stereocenters. The second-order valence-corrected chi connectivity index (χ2v) is 6.78. The molecule has 0 radical (unpaired) electrons. The van der Waals surface area contributed by atoms with Crippen molar-refractivity contribution in [2.45, 2.75) is 39.2 Å². The lowest BCUT2D eigenvalue weighted by atomic mass is 10.1. The SMILES string of the molecule is CCCCn1cc(CCCN2CCNCC2)c2ccc(OC)cc21. The Morgan fingerprint density at radius 1 is 1.12 bits per heavy atom. The number of unbranched alkanes of at least 4 members (excludes halogenated alkanes) is 1. The first-order chi connectivity index (χ1) is 11.8. The summed E-state index contributed by atoms with van der Waals surface area (Å²) < 4.78 is 7.84. The summed E-state index contributed by atoms with van der Waals surface area (Å²) in [4.78, 5) is 2.58. The molecule has 2 heterocycles. The number of nitrogens with zero attached hydrogens (tertiary/aromatic N) is 2. The van der Waals surface area contributed by atoms with E-state index < -0.39 is 0 Å². The number of rotatable bonds is 8. The van der Waals surface area contributed by atoms with Gasteiger partial charge in [0.15, 0.2) is 0 Å². The van der Waals surface area contributed by atoms with Crippen LogP contribution >= 0.6 is 0 Å². The van der Waals surface area contributed by atoms with Gasteiger partial charge in [0, 0.05) is 50.4 Å². The number of fused-ring (bicyclic) bond motifs is 1. The number of hydrogen-bond donors (Lipinski definition) is 1. The fourth-order valence-corrected chi connectivity index (χ4v) is 3.62. The number of aryl methyl sites for hydroxylation is 2. The van der Waals surface area contributed by atoms with Gasteiger partial charge in [-0.15, -0.1) is 0 Å². The molecule has 1 saturated heterocycles. The molecule has 0 spiro atoms. The minimum atomic E-state index is 0.950. The summed E-state index contributed by atoms with van der Waals surface area (Å²) in [5, 5.41) is 4.82. The molecule has 1 aromatic carbocycles. The average molecular weight is 329 g/mol. The molecule has 132 valence electrons. The molecule has 24 heavy (non-hydrogen) atoms. The summed E-state index contributed by atoms with van der Waals surface area (Å²) in [5.74, 6) is 0.950. The number of methoxy groups -OCH3 is 1. The minimum absolute atomic E-state index is 0.950. The number of benzene rings is 1. The third-order valence-corrected chi connectivity index (χ3v) is 5.05. The molecule has 1 fully saturated rings. The van der Waals surface area contributed by atoms with E-state index in [-0.39, 0.29) is 0 Å². The molecule has 4 nitrogen and oxygen atoms in total. The van der Waals surface area contributed by atoms with Crippen molar-refractivity contribution in [2.75, 3.05) is 39.8 Å². The summed E-state index contributed by atoms with van der Waals surface area (Å²) >= 11 is 0. The predicted molar refractivity (Wildman–Crippen MR) is 101 cm³/mol. The second kappa shape index (κ2) is 8.54. The number of piperazine rings is 1. The smallest absolute Gasteiger partial charge is 0.120 e. The maximum absolute atomic E-state index is 5.43. The van der Waals surface area contributed by atoms with Crippen LogP contribution in [0.1, 0.15) is 31.7 Å². The van der Waals surface area contributed by atoms with Crippen LogP contribution in [0.3, 0.4) is 0 Å². The molecule has 4 heteroatoms. The standard InChI is InChI=1S/C20H31N3O/c1-3-4-12-23-16-17(6-5-11-22-13-9-21-10-14-22)19-8-7-18(24-2)15-20(19)23/h7-8,15-16,21H,3-6,9-14H2,1-2H3. The van der Waals surface area contributed by atoms with Gasteiger partial charge in [0.05, 0.1) is 12.6 Å². The maximum atomic E-state index is 5.43. The zero-order valence-electron chi connectivity index (χ0n) is 15.2. The van der Waals surface area contributed by atoms with Crippen LogP contribution in [-0.2, 0) is 13.0 Å². The Hall–Kier alpha value is -1.52. The first-order valence-electron chi connectivity index (χ1n) is 9.40. The first kappa shape index (κ1) is 17.3. The molecular weight excluding hydrogens is 298 g/mol. The molecule has 0 amide bonds. The van der Waals surface area contributed by atoms with E-state index in [0.717, 1.165) is 31.8 Å². The van der Waals surface area contributed by atoms with Crippen LogP contribution in [0, 0.1) is 0 Å². The molecule has 1 aromatic heterocycles. The van der Waals surface area contributed by atoms with Crippen molar-refractivity contribution < 1.29 is 4.74 Å². The maximum Gasteiger partial charge on any atom is 0.120 e. The Kier molecular flexibility index (Phi) is 6.16. The van der Waals surface area contributed by atoms with E-state index in [1.54, 1.807) is 7.11 Å². The molecular formula is C20H31N3O. The van der Waals surface area contributed by atoms with Gasteiger partial charge in [-0.25, -0.2) is 0 Å². The van der Waals surface area contributed by atoms with Gasteiger partial charge in [0.2, 0.25) is 0 Å². The zero-order chi connectivity index (χ0) is 16.8. The van der Waals surface area contributed by atoms with Crippen LogP contribution in [0.2, 0.25) is 0 Å². The van der Waals surface area contributed by atoms with Crippen LogP contribution < -0.4 is 10.1 Å². The fraction of sp³-hybridized carbons (Fsp3) is 0.600. The summed E-state index contributed by atoms with van der Waals surface area (Å²) in [6.07, 6.45) is 7.21. The van der Waals surface area contributed by atoms with Crippen molar-refractivity contribution >= 4 is 10.9 Å². The molecule has 1 aliphatic rings. The van der Waals surface area contributed by atoms with Crippen LogP contribution in [0.25, 0.3) is 10.9 Å². The molecule has 0 bridgehead atoms. The van der Waals surface area contributed by atoms with Crippen molar-refractivity contribution in [1.82, 2.24) is 14.8 Å². The highest BCUT2D eigenvalue weighted by molar-refractivity contribution is 5.85. The van der Waals surface area contributed by atoms with Gasteiger partial charge in [0.1, 0.15) is 5.75 Å². The summed E-state index contributed by atoms with van der Waals surface area (Å²) in [5.41, 5.74) is 2.80. The minimum Gasteiger partial charge on any atom is -0.497 e. The Balaban J connectivity index is 1.71. The van der Waals surface area contributed by atoms with Crippen molar-refractivity contribution in [3.8, 4) is 5.75 Å². The third-order valence-electron chi connectivity index (χ3n) is 5.05. The van der Waals surface area contributed by atoms with E-state index in [1.807, 2.05) is 0 Å². The van der Waals surface area contributed by atoms with E-state index in [4.69, 9.17) is 4.74 Å². The Morgan fingerprint density at radius 3 is 2.71 bits per heavy atom. The zero-order valence-corrected chi connectivity index (χ0v) is 15.2. The first-order valence-corrected chi connectivity index (χ1v) is 9.40. The lowest BCUT2D eigenvalue weighted by Gasteiger charge is -2.26. The molecule has 0 aliphatic carbocycles. The van der Waals surface area contributed by atoms with Crippen molar-refractivity contribution in [3.05, 3.63) is 30.0 Å². The topological polar surface area (TPSA) is 29.4 Å². The third kappa shape index (κ3) is 4.11. The van der Waals surface area contributed by atoms with Crippen molar-refractivity contribution in [2.24, 2.45) is 0 Å². The fourth-order valence-electron chi connectivity index (χ4n) is 3.62. The number of nitrogens with one attached hydrogen (secondary N) is 1. The molecule has 1 aliphatic heterocycles. The largest absolute Gasteiger partial charge is 0.497 e. The van der Waals surface area contributed by atoms with Gasteiger partial charge in [-0.3, -0.25) is 0 Å². The monoisotopic (exact) mass is 329 g/mol. The van der Waals surface area contributed by atoms with Gasteiger partial charge in [-0.05, 0) is 43.5 Å². The van der Waals surface area contributed by atoms with Crippen LogP contribution in [0.15, 0.2) is 24.4 Å². The Labute approximate surface area is 145 Å². The van der Waals surface area contributed by atoms with Gasteiger partial charge in [0.25, 0.3) is 0 Å². The highest BCUT2D eigenvalue weighted by Crippen LogP contribution is 2.27. The normalized spacial score (nSPS) is 15.9. The molecule has 0 saturated carbocycles. The van der Waals surface area contributed by atoms with Crippen LogP contribution in [-0.4, -0.2) is 49.3 Å². The lowest BCUT2D eigenvalue weighted by Crippen LogP contribution is -2.43. The predicted octanol–water partition coefficient (Wildman–Crippen LogP) is 3.29. The number of hydrogen-bond acceptors (Lipinski definition) is 3. The van der Waals surface area contributed by atoms with Crippen molar-refractivity contribution in [1.29, 1.82) is 0 Å². The van der Waals surface area contributed by atoms with E-state index in [9.17, 15) is 0 Å². The van der Waals surface area contributed by atoms with Gasteiger partial charge in [-0.2, -0.15) is 0 Å². The molecule has 3 rings (SSSR count). The summed E-state index contributed by atoms with van der Waals surface area (Å²) in [6.45, 7) is 9.20. The molecule has 1 N–H and O–H groups in total. The number of ether oxygens (including phenoxy) is 1. The highest BCUT2D eigenvalue weighted by Gasteiger charge is 2.12. The Bertz CT molecular complexity index is 644. The quantitative estimate of drug-likeness (QED) is 0.806. The van der Waals surface area contributed by atoms with Crippen LogP contribution in [0.4, 0.5) is 0 Å². The van der Waals surface area contributed by atoms with Gasteiger partial charge < -0.3 is 19.5 Å². The summed E-state index contributed by atoms with van der Waals surface area (Å²) in [6, 6.07) is 6.51. The van der Waals surface area contributed by atoms with Gasteiger partial charge in [-0.1, -0.05) is 13.3 Å².